The van der Waals surface area contributed by atoms with Gasteiger partial charge in [-0.25, -0.2) is 0 Å². The van der Waals surface area contributed by atoms with E-state index in [0.717, 1.165) is 31.5 Å². The highest BCUT2D eigenvalue weighted by Crippen LogP contribution is 2.30. The van der Waals surface area contributed by atoms with Crippen LogP contribution >= 0.6 is 0 Å². The fourth-order valence-electron chi connectivity index (χ4n) is 2.72. The summed E-state index contributed by atoms with van der Waals surface area (Å²) in [6.07, 6.45) is 1.36. The molecule has 0 spiro atoms. The standard InChI is InChI=1S/C16H23NO2/c1-12(2)16(19)17-10-8-14(9-11-17)15(18)13-6-4-3-5-7-13/h3-7,12,14-15,18H,8-11H2,1-2H3. The van der Waals surface area contributed by atoms with E-state index in [2.05, 4.69) is 0 Å². The van der Waals surface area contributed by atoms with Crippen molar-refractivity contribution in [3.63, 3.8) is 0 Å². The van der Waals surface area contributed by atoms with Crippen LogP contribution in [-0.4, -0.2) is 29.0 Å². The van der Waals surface area contributed by atoms with Crippen LogP contribution in [0, 0.1) is 11.8 Å². The van der Waals surface area contributed by atoms with Crippen molar-refractivity contribution in [3.8, 4) is 0 Å². The monoisotopic (exact) mass is 261 g/mol. The van der Waals surface area contributed by atoms with E-state index in [-0.39, 0.29) is 17.7 Å². The SMILES string of the molecule is CC(C)C(=O)N1CCC(C(O)c2ccccc2)CC1. The maximum Gasteiger partial charge on any atom is 0.225 e. The number of hydrogen-bond donors (Lipinski definition) is 1. The molecule has 1 fully saturated rings. The Balaban J connectivity index is 1.91. The molecule has 1 unspecified atom stereocenters. The van der Waals surface area contributed by atoms with Crippen LogP contribution in [-0.2, 0) is 4.79 Å². The van der Waals surface area contributed by atoms with E-state index < -0.39 is 6.10 Å². The molecular weight excluding hydrogens is 238 g/mol. The third-order valence-electron chi connectivity index (χ3n) is 3.93. The van der Waals surface area contributed by atoms with E-state index in [4.69, 9.17) is 0 Å². The van der Waals surface area contributed by atoms with E-state index in [9.17, 15) is 9.90 Å². The number of nitrogens with zero attached hydrogens (tertiary/aromatic N) is 1. The first kappa shape index (κ1) is 14.1. The Bertz CT molecular complexity index is 408. The lowest BCUT2D eigenvalue weighted by atomic mass is 9.87. The quantitative estimate of drug-likeness (QED) is 0.908. The van der Waals surface area contributed by atoms with Gasteiger partial charge in [0.1, 0.15) is 0 Å². The Kier molecular flexibility index (Phi) is 4.59. The second-order valence-corrected chi connectivity index (χ2v) is 5.67. The molecule has 1 saturated heterocycles. The molecule has 19 heavy (non-hydrogen) atoms. The summed E-state index contributed by atoms with van der Waals surface area (Å²) in [6.45, 7) is 5.41. The third kappa shape index (κ3) is 3.35. The van der Waals surface area contributed by atoms with Gasteiger partial charge in [-0.05, 0) is 24.3 Å². The van der Waals surface area contributed by atoms with Crippen LogP contribution in [0.1, 0.15) is 38.4 Å². The minimum absolute atomic E-state index is 0.0654. The van der Waals surface area contributed by atoms with Crippen molar-refractivity contribution in [1.82, 2.24) is 4.90 Å². The molecule has 2 rings (SSSR count). The number of carbonyl (C=O) groups is 1. The predicted molar refractivity (Wildman–Crippen MR) is 75.5 cm³/mol. The number of likely N-dealkylation sites (tertiary alicyclic amines) is 1. The zero-order chi connectivity index (χ0) is 13.8. The van der Waals surface area contributed by atoms with Gasteiger partial charge in [-0.15, -0.1) is 0 Å². The third-order valence-corrected chi connectivity index (χ3v) is 3.93. The summed E-state index contributed by atoms with van der Waals surface area (Å²) in [4.78, 5) is 13.8. The topological polar surface area (TPSA) is 40.5 Å². The van der Waals surface area contributed by atoms with E-state index in [1.165, 1.54) is 0 Å². The first-order chi connectivity index (χ1) is 9.09. The van der Waals surface area contributed by atoms with Crippen molar-refractivity contribution < 1.29 is 9.90 Å². The number of benzene rings is 1. The van der Waals surface area contributed by atoms with E-state index in [1.54, 1.807) is 0 Å². The Morgan fingerprint density at radius 3 is 2.32 bits per heavy atom. The number of carbonyl (C=O) groups excluding carboxylic acids is 1. The number of amides is 1. The summed E-state index contributed by atoms with van der Waals surface area (Å²) in [5.41, 5.74) is 0.983. The van der Waals surface area contributed by atoms with Crippen LogP contribution in [0.25, 0.3) is 0 Å². The minimum atomic E-state index is -0.405. The lowest BCUT2D eigenvalue weighted by Crippen LogP contribution is -2.41. The van der Waals surface area contributed by atoms with Crippen molar-refractivity contribution in [2.75, 3.05) is 13.1 Å². The second-order valence-electron chi connectivity index (χ2n) is 5.67. The highest BCUT2D eigenvalue weighted by atomic mass is 16.3. The van der Waals surface area contributed by atoms with Gasteiger partial charge >= 0.3 is 0 Å². The fourth-order valence-corrected chi connectivity index (χ4v) is 2.72. The molecule has 0 saturated carbocycles. The molecule has 1 N–H and O–H groups in total. The summed E-state index contributed by atoms with van der Waals surface area (Å²) in [5.74, 6) is 0.557. The van der Waals surface area contributed by atoms with Crippen LogP contribution < -0.4 is 0 Å². The molecule has 1 amide bonds. The number of rotatable bonds is 3. The van der Waals surface area contributed by atoms with Gasteiger partial charge in [0.25, 0.3) is 0 Å². The van der Waals surface area contributed by atoms with Crippen molar-refractivity contribution in [1.29, 1.82) is 0 Å². The first-order valence-corrected chi connectivity index (χ1v) is 7.11. The Hall–Kier alpha value is -1.35. The predicted octanol–water partition coefficient (Wildman–Crippen LogP) is 2.61. The van der Waals surface area contributed by atoms with Gasteiger partial charge in [-0.2, -0.15) is 0 Å². The lowest BCUT2D eigenvalue weighted by Gasteiger charge is -2.35. The van der Waals surface area contributed by atoms with Crippen LogP contribution in [0.15, 0.2) is 30.3 Å². The molecule has 1 aliphatic rings. The molecule has 3 heteroatoms. The highest BCUT2D eigenvalue weighted by Gasteiger charge is 2.28. The minimum Gasteiger partial charge on any atom is -0.388 e. The summed E-state index contributed by atoms with van der Waals surface area (Å²) in [6, 6.07) is 9.80. The number of aliphatic hydroxyl groups excluding tert-OH is 1. The Labute approximate surface area is 115 Å². The summed E-state index contributed by atoms with van der Waals surface area (Å²) >= 11 is 0. The lowest BCUT2D eigenvalue weighted by molar-refractivity contribution is -0.136. The van der Waals surface area contributed by atoms with Gasteiger partial charge in [-0.1, -0.05) is 44.2 Å². The summed E-state index contributed by atoms with van der Waals surface area (Å²) in [7, 11) is 0. The number of aliphatic hydroxyl groups is 1. The smallest absolute Gasteiger partial charge is 0.225 e. The molecular formula is C16H23NO2. The van der Waals surface area contributed by atoms with E-state index >= 15 is 0 Å². The van der Waals surface area contributed by atoms with Gasteiger partial charge in [0.15, 0.2) is 0 Å². The molecule has 1 aliphatic heterocycles. The van der Waals surface area contributed by atoms with Crippen LogP contribution in [0.2, 0.25) is 0 Å². The summed E-state index contributed by atoms with van der Waals surface area (Å²) in [5, 5.41) is 10.4. The average Bonchev–Trinajstić information content (AvgIpc) is 2.46. The van der Waals surface area contributed by atoms with Gasteiger partial charge in [-0.3, -0.25) is 4.79 Å². The van der Waals surface area contributed by atoms with Crippen LogP contribution in [0.3, 0.4) is 0 Å². The highest BCUT2D eigenvalue weighted by molar-refractivity contribution is 5.78. The first-order valence-electron chi connectivity index (χ1n) is 7.11. The van der Waals surface area contributed by atoms with Crippen molar-refractivity contribution >= 4 is 5.91 Å². The van der Waals surface area contributed by atoms with Crippen molar-refractivity contribution in [3.05, 3.63) is 35.9 Å². The van der Waals surface area contributed by atoms with Gasteiger partial charge in [0, 0.05) is 19.0 Å². The average molecular weight is 261 g/mol. The molecule has 1 aromatic rings. The Morgan fingerprint density at radius 2 is 1.79 bits per heavy atom. The number of hydrogen-bond acceptors (Lipinski definition) is 2. The van der Waals surface area contributed by atoms with Gasteiger partial charge in [0.05, 0.1) is 6.10 Å². The maximum atomic E-state index is 11.9. The fraction of sp³-hybridized carbons (Fsp3) is 0.562. The molecule has 0 radical (unpaired) electrons. The molecule has 104 valence electrons. The molecule has 3 nitrogen and oxygen atoms in total. The summed E-state index contributed by atoms with van der Waals surface area (Å²) < 4.78 is 0. The molecule has 0 aliphatic carbocycles. The van der Waals surface area contributed by atoms with Crippen molar-refractivity contribution in [2.45, 2.75) is 32.8 Å². The number of piperidine rings is 1. The largest absolute Gasteiger partial charge is 0.388 e. The molecule has 0 aromatic heterocycles. The Morgan fingerprint density at radius 1 is 1.21 bits per heavy atom. The van der Waals surface area contributed by atoms with Crippen LogP contribution in [0.5, 0.6) is 0 Å². The molecule has 1 heterocycles. The van der Waals surface area contributed by atoms with Gasteiger partial charge in [0.2, 0.25) is 5.91 Å². The van der Waals surface area contributed by atoms with Gasteiger partial charge < -0.3 is 10.0 Å². The normalized spacial score (nSPS) is 18.6. The second kappa shape index (κ2) is 6.20. The van der Waals surface area contributed by atoms with Crippen LogP contribution in [0.4, 0.5) is 0 Å². The van der Waals surface area contributed by atoms with Crippen molar-refractivity contribution in [2.24, 2.45) is 11.8 Å². The molecule has 1 atom stereocenters. The zero-order valence-corrected chi connectivity index (χ0v) is 11.7. The molecule has 1 aromatic carbocycles. The van der Waals surface area contributed by atoms with E-state index in [0.29, 0.717) is 0 Å². The zero-order valence-electron chi connectivity index (χ0n) is 11.7. The van der Waals surface area contributed by atoms with E-state index in [1.807, 2.05) is 49.1 Å². The molecule has 0 bridgehead atoms. The maximum absolute atomic E-state index is 11.9.